The van der Waals surface area contributed by atoms with Crippen LogP contribution in [0.1, 0.15) is 20.3 Å². The van der Waals surface area contributed by atoms with E-state index in [-0.39, 0.29) is 25.1 Å². The van der Waals surface area contributed by atoms with Crippen LogP contribution in [-0.4, -0.2) is 42.9 Å². The average molecular weight is 294 g/mol. The molecule has 1 atom stereocenters. The Hall–Kier alpha value is -2.08. The number of carbonyl (C=O) groups excluding carboxylic acids is 1. The number of nitrogens with one attached hydrogen (secondary N) is 1. The van der Waals surface area contributed by atoms with Crippen LogP contribution < -0.4 is 10.2 Å². The summed E-state index contributed by atoms with van der Waals surface area (Å²) in [5.74, 6) is -0.939. The van der Waals surface area contributed by atoms with Crippen molar-refractivity contribution in [3.8, 4) is 0 Å². The topological polar surface area (TPSA) is 78.9 Å². The highest BCUT2D eigenvalue weighted by Gasteiger charge is 2.17. The van der Waals surface area contributed by atoms with E-state index in [0.29, 0.717) is 18.8 Å². The molecule has 2 N–H and O–H groups in total. The van der Waals surface area contributed by atoms with Gasteiger partial charge in [0.25, 0.3) is 0 Å². The molecule has 0 bridgehead atoms. The van der Waals surface area contributed by atoms with E-state index in [0.717, 1.165) is 0 Å². The lowest BCUT2D eigenvalue weighted by Gasteiger charge is -2.23. The van der Waals surface area contributed by atoms with Crippen LogP contribution in [0.4, 0.5) is 10.5 Å². The number of anilines is 1. The Kier molecular flexibility index (Phi) is 7.25. The second-order valence-electron chi connectivity index (χ2n) is 4.58. The molecule has 6 heteroatoms. The van der Waals surface area contributed by atoms with Crippen LogP contribution in [0.5, 0.6) is 0 Å². The fourth-order valence-electron chi connectivity index (χ4n) is 1.83. The van der Waals surface area contributed by atoms with Gasteiger partial charge in [-0.2, -0.15) is 0 Å². The van der Waals surface area contributed by atoms with Gasteiger partial charge in [-0.1, -0.05) is 18.2 Å². The Bertz CT molecular complexity index is 450. The number of nitrogens with zero attached hydrogens (tertiary/aromatic N) is 1. The van der Waals surface area contributed by atoms with Crippen molar-refractivity contribution in [3.63, 3.8) is 0 Å². The van der Waals surface area contributed by atoms with Crippen molar-refractivity contribution in [3.05, 3.63) is 30.3 Å². The van der Waals surface area contributed by atoms with Crippen molar-refractivity contribution in [1.82, 2.24) is 5.32 Å². The van der Waals surface area contributed by atoms with Gasteiger partial charge < -0.3 is 15.2 Å². The Morgan fingerprint density at radius 2 is 2.00 bits per heavy atom. The number of carboxylic acid groups (broad SMARTS) is 1. The van der Waals surface area contributed by atoms with Crippen LogP contribution in [0.15, 0.2) is 30.3 Å². The Labute approximate surface area is 124 Å². The maximum Gasteiger partial charge on any atom is 0.321 e. The van der Waals surface area contributed by atoms with E-state index in [1.165, 1.54) is 4.90 Å². The standard InChI is InChI=1S/C15H22N2O4/c1-3-21-12(2)11-16-15(20)17(10-9-14(18)19)13-7-5-4-6-8-13/h4-8,12H,3,9-11H2,1-2H3,(H,16,20)(H,18,19). The van der Waals surface area contributed by atoms with Gasteiger partial charge in [0, 0.05) is 25.4 Å². The van der Waals surface area contributed by atoms with Crippen LogP contribution in [0, 0.1) is 0 Å². The molecule has 1 rings (SSSR count). The predicted molar refractivity (Wildman–Crippen MR) is 80.5 cm³/mol. The molecule has 1 aromatic carbocycles. The summed E-state index contributed by atoms with van der Waals surface area (Å²) in [5.41, 5.74) is 0.667. The summed E-state index contributed by atoms with van der Waals surface area (Å²) in [6, 6.07) is 8.67. The monoisotopic (exact) mass is 294 g/mol. The molecule has 1 aromatic rings. The molecule has 21 heavy (non-hydrogen) atoms. The van der Waals surface area contributed by atoms with Crippen molar-refractivity contribution in [2.24, 2.45) is 0 Å². The summed E-state index contributed by atoms with van der Waals surface area (Å²) in [6.45, 7) is 4.84. The number of hydrogen-bond acceptors (Lipinski definition) is 3. The van der Waals surface area contributed by atoms with Gasteiger partial charge >= 0.3 is 12.0 Å². The van der Waals surface area contributed by atoms with Crippen LogP contribution in [-0.2, 0) is 9.53 Å². The lowest BCUT2D eigenvalue weighted by molar-refractivity contribution is -0.136. The number of carboxylic acids is 1. The summed E-state index contributed by atoms with van der Waals surface area (Å²) in [7, 11) is 0. The minimum absolute atomic E-state index is 0.0870. The van der Waals surface area contributed by atoms with Gasteiger partial charge in [-0.25, -0.2) is 4.79 Å². The number of urea groups is 1. The van der Waals surface area contributed by atoms with Gasteiger partial charge in [0.2, 0.25) is 0 Å². The van der Waals surface area contributed by atoms with Gasteiger partial charge in [0.1, 0.15) is 0 Å². The van der Waals surface area contributed by atoms with E-state index < -0.39 is 5.97 Å². The van der Waals surface area contributed by atoms with Gasteiger partial charge in [-0.05, 0) is 26.0 Å². The molecule has 0 aliphatic heterocycles. The zero-order valence-electron chi connectivity index (χ0n) is 12.4. The molecule has 0 aliphatic rings. The molecule has 1 unspecified atom stereocenters. The third-order valence-corrected chi connectivity index (χ3v) is 2.85. The molecule has 0 spiro atoms. The first kappa shape index (κ1) is 17.0. The molecule has 2 amide bonds. The predicted octanol–water partition coefficient (Wildman–Crippen LogP) is 2.10. The highest BCUT2D eigenvalue weighted by molar-refractivity contribution is 5.92. The van der Waals surface area contributed by atoms with Gasteiger partial charge in [-0.15, -0.1) is 0 Å². The molecule has 0 heterocycles. The van der Waals surface area contributed by atoms with Crippen molar-refractivity contribution < 1.29 is 19.4 Å². The van der Waals surface area contributed by atoms with E-state index in [4.69, 9.17) is 9.84 Å². The van der Waals surface area contributed by atoms with Crippen molar-refractivity contribution in [1.29, 1.82) is 0 Å². The zero-order valence-corrected chi connectivity index (χ0v) is 12.4. The van der Waals surface area contributed by atoms with Crippen molar-refractivity contribution in [2.75, 3.05) is 24.6 Å². The molecule has 0 fully saturated rings. The number of para-hydroxylation sites is 1. The third kappa shape index (κ3) is 6.27. The highest BCUT2D eigenvalue weighted by Crippen LogP contribution is 2.13. The SMILES string of the molecule is CCOC(C)CNC(=O)N(CCC(=O)O)c1ccccc1. The number of benzene rings is 1. The highest BCUT2D eigenvalue weighted by atomic mass is 16.5. The Morgan fingerprint density at radius 1 is 1.33 bits per heavy atom. The molecule has 0 radical (unpaired) electrons. The summed E-state index contributed by atoms with van der Waals surface area (Å²) < 4.78 is 5.35. The third-order valence-electron chi connectivity index (χ3n) is 2.85. The van der Waals surface area contributed by atoms with Crippen LogP contribution in [0.2, 0.25) is 0 Å². The quantitative estimate of drug-likeness (QED) is 0.769. The molecule has 0 aromatic heterocycles. The first-order valence-corrected chi connectivity index (χ1v) is 6.98. The molecule has 0 saturated heterocycles. The van der Waals surface area contributed by atoms with E-state index in [1.807, 2.05) is 19.9 Å². The maximum atomic E-state index is 12.2. The number of rotatable bonds is 8. The minimum Gasteiger partial charge on any atom is -0.481 e. The number of amides is 2. The van der Waals surface area contributed by atoms with Crippen LogP contribution >= 0.6 is 0 Å². The average Bonchev–Trinajstić information content (AvgIpc) is 2.46. The summed E-state index contributed by atoms with van der Waals surface area (Å²) >= 11 is 0. The van der Waals surface area contributed by atoms with E-state index in [1.54, 1.807) is 24.3 Å². The minimum atomic E-state index is -0.939. The zero-order chi connectivity index (χ0) is 15.7. The normalized spacial score (nSPS) is 11.7. The lowest BCUT2D eigenvalue weighted by atomic mass is 10.2. The maximum absolute atomic E-state index is 12.2. The molecular formula is C15H22N2O4. The van der Waals surface area contributed by atoms with Crippen LogP contribution in [0.3, 0.4) is 0 Å². The van der Waals surface area contributed by atoms with Crippen molar-refractivity contribution in [2.45, 2.75) is 26.4 Å². The molecule has 0 saturated carbocycles. The fraction of sp³-hybridized carbons (Fsp3) is 0.467. The van der Waals surface area contributed by atoms with Gasteiger partial charge in [0.05, 0.1) is 12.5 Å². The van der Waals surface area contributed by atoms with E-state index in [9.17, 15) is 9.59 Å². The number of hydrogen-bond donors (Lipinski definition) is 2. The fourth-order valence-corrected chi connectivity index (χ4v) is 1.83. The second kappa shape index (κ2) is 8.97. The molecular weight excluding hydrogens is 272 g/mol. The Balaban J connectivity index is 2.67. The smallest absolute Gasteiger partial charge is 0.321 e. The molecule has 6 nitrogen and oxygen atoms in total. The van der Waals surface area contributed by atoms with Gasteiger partial charge in [-0.3, -0.25) is 9.69 Å². The number of ether oxygens (including phenoxy) is 1. The number of aliphatic carboxylic acids is 1. The lowest BCUT2D eigenvalue weighted by Crippen LogP contribution is -2.44. The number of carbonyl (C=O) groups is 2. The first-order chi connectivity index (χ1) is 10.0. The second-order valence-corrected chi connectivity index (χ2v) is 4.58. The summed E-state index contributed by atoms with van der Waals surface area (Å²) in [6.07, 6.45) is -0.195. The largest absolute Gasteiger partial charge is 0.481 e. The molecule has 0 aliphatic carbocycles. The molecule has 116 valence electrons. The van der Waals surface area contributed by atoms with E-state index >= 15 is 0 Å². The van der Waals surface area contributed by atoms with Crippen molar-refractivity contribution >= 4 is 17.7 Å². The summed E-state index contributed by atoms with van der Waals surface area (Å²) in [5, 5.41) is 11.6. The Morgan fingerprint density at radius 3 is 2.57 bits per heavy atom. The first-order valence-electron chi connectivity index (χ1n) is 6.98. The van der Waals surface area contributed by atoms with E-state index in [2.05, 4.69) is 5.32 Å². The van der Waals surface area contributed by atoms with Crippen LogP contribution in [0.25, 0.3) is 0 Å². The summed E-state index contributed by atoms with van der Waals surface area (Å²) in [4.78, 5) is 24.4. The van der Waals surface area contributed by atoms with Gasteiger partial charge in [0.15, 0.2) is 0 Å².